The van der Waals surface area contributed by atoms with Crippen molar-refractivity contribution in [1.82, 2.24) is 0 Å². The molecule has 0 spiro atoms. The quantitative estimate of drug-likeness (QED) is 0.205. The zero-order chi connectivity index (χ0) is 26.5. The molecular formula is C28H25NaO9. The Labute approximate surface area is 242 Å². The normalized spacial score (nSPS) is 12.1. The van der Waals surface area contributed by atoms with Crippen LogP contribution >= 0.6 is 0 Å². The number of methoxy groups -OCH3 is 4. The van der Waals surface area contributed by atoms with E-state index < -0.39 is 11.8 Å². The number of carboxylic acid groups (broad SMARTS) is 1. The molecule has 0 bridgehead atoms. The van der Waals surface area contributed by atoms with Crippen LogP contribution in [0.5, 0.6) is 34.5 Å². The number of hydrogen-bond acceptors (Lipinski definition) is 9. The maximum absolute atomic E-state index is 13.8. The summed E-state index contributed by atoms with van der Waals surface area (Å²) < 4.78 is 32.2. The third kappa shape index (κ3) is 5.91. The first-order valence-corrected chi connectivity index (χ1v) is 11.2. The molecular weight excluding hydrogens is 503 g/mol. The molecule has 1 heterocycles. The molecule has 0 amide bonds. The summed E-state index contributed by atoms with van der Waals surface area (Å²) in [5.74, 6) is 0.516. The van der Waals surface area contributed by atoms with Crippen LogP contribution in [0.1, 0.15) is 21.5 Å². The summed E-state index contributed by atoms with van der Waals surface area (Å²) in [5.41, 5.74) is 0.813. The number of carboxylic acids is 1. The Bertz CT molecular complexity index is 1340. The van der Waals surface area contributed by atoms with E-state index in [1.54, 1.807) is 48.5 Å². The molecule has 0 aliphatic carbocycles. The predicted molar refractivity (Wildman–Crippen MR) is 132 cm³/mol. The summed E-state index contributed by atoms with van der Waals surface area (Å²) in [5, 5.41) is 12.5. The van der Waals surface area contributed by atoms with Crippen molar-refractivity contribution >= 4 is 17.3 Å². The zero-order valence-electron chi connectivity index (χ0n) is 21.8. The minimum Gasteiger partial charge on any atom is -0.545 e. The Morgan fingerprint density at radius 2 is 1.39 bits per heavy atom. The number of rotatable bonds is 10. The molecule has 0 radical (unpaired) electrons. The number of allylic oxidation sites excluding steroid dienone is 1. The Kier molecular flexibility index (Phi) is 9.68. The Morgan fingerprint density at radius 1 is 0.789 bits per heavy atom. The number of aliphatic carboxylic acids is 1. The standard InChI is InChI=1S/C28H26O9.Na/c1-32-19-8-5-17(6-9-19)26(29)20(11-16-12-23(33-2)27(35-4)24(13-16)34-3)25(28(30)31)18-7-10-21-22(14-18)37-15-36-21;/h5-10,12-14H,11,15H2,1-4H3,(H,30,31);/q;+1/p-1/b25-20-;. The summed E-state index contributed by atoms with van der Waals surface area (Å²) in [6.07, 6.45) is -0.0701. The molecule has 0 unspecified atom stereocenters. The number of carbonyl (C=O) groups excluding carboxylic acids is 2. The molecule has 0 N–H and O–H groups in total. The summed E-state index contributed by atoms with van der Waals surface area (Å²) in [7, 11) is 5.94. The van der Waals surface area contributed by atoms with Crippen LogP contribution in [0.4, 0.5) is 0 Å². The molecule has 0 atom stereocenters. The minimum absolute atomic E-state index is 0. The van der Waals surface area contributed by atoms with Gasteiger partial charge in [0.15, 0.2) is 28.8 Å². The Hall–Kier alpha value is -3.66. The van der Waals surface area contributed by atoms with Crippen molar-refractivity contribution in [1.29, 1.82) is 0 Å². The monoisotopic (exact) mass is 528 g/mol. The predicted octanol–water partition coefficient (Wildman–Crippen LogP) is 0.0828. The molecule has 3 aromatic rings. The molecule has 192 valence electrons. The maximum atomic E-state index is 13.8. The third-order valence-corrected chi connectivity index (χ3v) is 5.90. The average molecular weight is 528 g/mol. The Morgan fingerprint density at radius 3 is 1.95 bits per heavy atom. The van der Waals surface area contributed by atoms with Crippen LogP contribution in [-0.2, 0) is 11.2 Å². The van der Waals surface area contributed by atoms with Gasteiger partial charge in [-0.3, -0.25) is 4.79 Å². The van der Waals surface area contributed by atoms with Gasteiger partial charge in [0.2, 0.25) is 12.5 Å². The molecule has 0 fully saturated rings. The van der Waals surface area contributed by atoms with Crippen LogP contribution in [-0.4, -0.2) is 47.0 Å². The van der Waals surface area contributed by atoms with Gasteiger partial charge in [-0.25, -0.2) is 0 Å². The molecule has 0 saturated carbocycles. The molecule has 0 saturated heterocycles. The van der Waals surface area contributed by atoms with Crippen molar-refractivity contribution in [3.63, 3.8) is 0 Å². The number of ketones is 1. The topological polar surface area (TPSA) is 113 Å². The number of carbonyl (C=O) groups is 2. The number of ether oxygens (including phenoxy) is 6. The van der Waals surface area contributed by atoms with Gasteiger partial charge in [0.1, 0.15) is 5.75 Å². The smallest absolute Gasteiger partial charge is 0.545 e. The van der Waals surface area contributed by atoms with Gasteiger partial charge in [-0.15, -0.1) is 0 Å². The fourth-order valence-electron chi connectivity index (χ4n) is 4.11. The Balaban J connectivity index is 0.00000400. The SMILES string of the molecule is COc1ccc(C(=O)/C(Cc2cc(OC)c(OC)c(OC)c2)=C(\C(=O)[O-])c2ccc3c(c2)OCO3)cc1.[Na+]. The largest absolute Gasteiger partial charge is 1.00 e. The van der Waals surface area contributed by atoms with Crippen LogP contribution < -0.4 is 63.1 Å². The van der Waals surface area contributed by atoms with Gasteiger partial charge in [0.05, 0.1) is 34.4 Å². The van der Waals surface area contributed by atoms with Crippen molar-refractivity contribution < 1.29 is 72.7 Å². The first-order valence-electron chi connectivity index (χ1n) is 11.2. The van der Waals surface area contributed by atoms with Crippen molar-refractivity contribution in [3.05, 3.63) is 76.9 Å². The van der Waals surface area contributed by atoms with Crippen LogP contribution in [0.3, 0.4) is 0 Å². The average Bonchev–Trinajstić information content (AvgIpc) is 3.39. The van der Waals surface area contributed by atoms with Gasteiger partial charge in [0, 0.05) is 23.1 Å². The molecule has 3 aromatic carbocycles. The molecule has 0 aromatic heterocycles. The van der Waals surface area contributed by atoms with Crippen molar-refractivity contribution in [2.24, 2.45) is 0 Å². The summed E-state index contributed by atoms with van der Waals surface area (Å²) in [6.45, 7) is 0.0201. The van der Waals surface area contributed by atoms with Gasteiger partial charge in [-0.05, 0) is 59.7 Å². The van der Waals surface area contributed by atoms with Gasteiger partial charge in [0.25, 0.3) is 0 Å². The van der Waals surface area contributed by atoms with E-state index in [9.17, 15) is 14.7 Å². The van der Waals surface area contributed by atoms with E-state index in [0.29, 0.717) is 40.1 Å². The molecule has 38 heavy (non-hydrogen) atoms. The molecule has 4 rings (SSSR count). The zero-order valence-corrected chi connectivity index (χ0v) is 23.8. The van der Waals surface area contributed by atoms with Crippen LogP contribution in [0.15, 0.2) is 60.2 Å². The van der Waals surface area contributed by atoms with Crippen molar-refractivity contribution in [2.75, 3.05) is 35.2 Å². The van der Waals surface area contributed by atoms with E-state index >= 15 is 0 Å². The van der Waals surface area contributed by atoms with Crippen molar-refractivity contribution in [3.8, 4) is 34.5 Å². The van der Waals surface area contributed by atoms with Crippen LogP contribution in [0.25, 0.3) is 5.57 Å². The van der Waals surface area contributed by atoms with Gasteiger partial charge in [-0.1, -0.05) is 6.07 Å². The molecule has 9 nitrogen and oxygen atoms in total. The molecule has 10 heteroatoms. The fraction of sp³-hybridized carbons (Fsp3) is 0.214. The molecule has 1 aliphatic rings. The maximum Gasteiger partial charge on any atom is 1.00 e. The first kappa shape index (κ1) is 28.9. The first-order chi connectivity index (χ1) is 17.9. The molecule has 1 aliphatic heterocycles. The third-order valence-electron chi connectivity index (χ3n) is 5.90. The van der Waals surface area contributed by atoms with E-state index in [2.05, 4.69) is 0 Å². The number of fused-ring (bicyclic) bond motifs is 1. The van der Waals surface area contributed by atoms with Gasteiger partial charge >= 0.3 is 29.6 Å². The van der Waals surface area contributed by atoms with E-state index in [-0.39, 0.29) is 65.0 Å². The van der Waals surface area contributed by atoms with Crippen LogP contribution in [0.2, 0.25) is 0 Å². The number of hydrogen-bond donors (Lipinski definition) is 0. The van der Waals surface area contributed by atoms with E-state index in [4.69, 9.17) is 28.4 Å². The summed E-state index contributed by atoms with van der Waals surface area (Å²) in [6, 6.07) is 14.4. The van der Waals surface area contributed by atoms with Crippen LogP contribution in [0, 0.1) is 0 Å². The second-order valence-corrected chi connectivity index (χ2v) is 7.98. The van der Waals surface area contributed by atoms with Gasteiger partial charge < -0.3 is 38.3 Å². The number of Topliss-reactive ketones (excluding diaryl/α,β-unsaturated/α-hetero) is 1. The summed E-state index contributed by atoms with van der Waals surface area (Å²) in [4.78, 5) is 26.3. The van der Waals surface area contributed by atoms with E-state index in [1.165, 1.54) is 34.5 Å². The second kappa shape index (κ2) is 12.7. The summed E-state index contributed by atoms with van der Waals surface area (Å²) >= 11 is 0. The van der Waals surface area contributed by atoms with E-state index in [0.717, 1.165) is 0 Å². The fourth-order valence-corrected chi connectivity index (χ4v) is 4.11. The van der Waals surface area contributed by atoms with Gasteiger partial charge in [-0.2, -0.15) is 0 Å². The van der Waals surface area contributed by atoms with Crippen molar-refractivity contribution in [2.45, 2.75) is 6.42 Å². The minimum atomic E-state index is -1.51. The van der Waals surface area contributed by atoms with E-state index in [1.807, 2.05) is 0 Å². The second-order valence-electron chi connectivity index (χ2n) is 7.98. The number of benzene rings is 3.